The fourth-order valence-electron chi connectivity index (χ4n) is 3.43. The van der Waals surface area contributed by atoms with Crippen LogP contribution in [0.15, 0.2) is 0 Å². The second kappa shape index (κ2) is 6.36. The summed E-state index contributed by atoms with van der Waals surface area (Å²) in [7, 11) is -1.13. The maximum absolute atomic E-state index is 13.0. The van der Waals surface area contributed by atoms with Gasteiger partial charge in [0.2, 0.25) is 11.7 Å². The highest BCUT2D eigenvalue weighted by Gasteiger charge is 2.78. The molecular weight excluding hydrogens is 346 g/mol. The van der Waals surface area contributed by atoms with Crippen LogP contribution in [0.3, 0.4) is 0 Å². The molecule has 0 unspecified atom stereocenters. The van der Waals surface area contributed by atoms with Crippen molar-refractivity contribution in [2.75, 3.05) is 13.7 Å². The summed E-state index contributed by atoms with van der Waals surface area (Å²) in [6, 6.07) is 2.11. The van der Waals surface area contributed by atoms with E-state index < -0.39 is 43.3 Å². The Balaban J connectivity index is 2.68. The largest absolute Gasteiger partial charge is 0.467 e. The highest BCUT2D eigenvalue weighted by molar-refractivity contribution is 6.69. The lowest BCUT2D eigenvalue weighted by molar-refractivity contribution is -0.248. The van der Waals surface area contributed by atoms with Crippen LogP contribution in [0, 0.1) is 11.3 Å². The van der Waals surface area contributed by atoms with Gasteiger partial charge in [-0.1, -0.05) is 0 Å². The third-order valence-corrected chi connectivity index (χ3v) is 5.26. The van der Waals surface area contributed by atoms with E-state index in [-0.39, 0.29) is 13.0 Å². The monoisotopic (exact) mass is 371 g/mol. The quantitative estimate of drug-likeness (QED) is 0.529. The average molecular weight is 371 g/mol. The molecule has 8 nitrogen and oxygen atoms in total. The molecular formula is C16H25NO7Si. The van der Waals surface area contributed by atoms with E-state index in [0.717, 1.165) is 0 Å². The van der Waals surface area contributed by atoms with Gasteiger partial charge < -0.3 is 23.4 Å². The Morgan fingerprint density at radius 2 is 1.96 bits per heavy atom. The van der Waals surface area contributed by atoms with Gasteiger partial charge in [-0.05, 0) is 39.9 Å². The van der Waals surface area contributed by atoms with Gasteiger partial charge in [-0.15, -0.1) is 0 Å². The lowest BCUT2D eigenvalue weighted by atomic mass is 9.74. The number of esters is 2. The van der Waals surface area contributed by atoms with E-state index in [9.17, 15) is 14.9 Å². The molecule has 0 aromatic rings. The van der Waals surface area contributed by atoms with Crippen molar-refractivity contribution >= 4 is 20.3 Å². The number of fused-ring (bicyclic) bond motifs is 2. The number of carbonyl (C=O) groups excluding carboxylic acids is 2. The van der Waals surface area contributed by atoms with Gasteiger partial charge in [0.25, 0.3) is 0 Å². The van der Waals surface area contributed by atoms with Crippen LogP contribution >= 0.6 is 0 Å². The number of nitriles is 1. The van der Waals surface area contributed by atoms with Crippen molar-refractivity contribution in [3.63, 3.8) is 0 Å². The Hall–Kier alpha value is -1.47. The zero-order chi connectivity index (χ0) is 19.1. The predicted molar refractivity (Wildman–Crippen MR) is 87.8 cm³/mol. The van der Waals surface area contributed by atoms with Crippen molar-refractivity contribution in [3.8, 4) is 6.07 Å². The van der Waals surface area contributed by atoms with Crippen molar-refractivity contribution in [1.29, 1.82) is 5.26 Å². The van der Waals surface area contributed by atoms with E-state index in [1.807, 2.05) is 19.6 Å². The molecule has 0 amide bonds. The molecule has 0 spiro atoms. The molecule has 140 valence electrons. The van der Waals surface area contributed by atoms with Crippen molar-refractivity contribution in [2.45, 2.75) is 69.4 Å². The van der Waals surface area contributed by atoms with E-state index in [1.54, 1.807) is 13.8 Å². The topological polar surface area (TPSA) is 104 Å². The molecule has 0 aromatic heterocycles. The Morgan fingerprint density at radius 1 is 1.32 bits per heavy atom. The zero-order valence-corrected chi connectivity index (χ0v) is 16.5. The van der Waals surface area contributed by atoms with Gasteiger partial charge >= 0.3 is 11.9 Å². The molecule has 2 fully saturated rings. The minimum absolute atomic E-state index is 0.0585. The van der Waals surface area contributed by atoms with Crippen molar-refractivity contribution in [2.24, 2.45) is 0 Å². The van der Waals surface area contributed by atoms with Gasteiger partial charge in [0.1, 0.15) is 6.07 Å². The first kappa shape index (κ1) is 19.8. The summed E-state index contributed by atoms with van der Waals surface area (Å²) in [5, 5.41) is 10.0. The molecule has 2 aliphatic heterocycles. The number of ether oxygens (including phenoxy) is 4. The van der Waals surface area contributed by atoms with E-state index in [0.29, 0.717) is 6.42 Å². The van der Waals surface area contributed by atoms with Gasteiger partial charge in [0.15, 0.2) is 19.7 Å². The SMILES string of the molecule is CCOC(=O)[C@]12O[C@](C)(CC[C@@]1(C#N)O[Si](C)(C)C)O[C@@H]2C(=O)OC. The molecule has 0 N–H and O–H groups in total. The fraction of sp³-hybridized carbons (Fsp3) is 0.812. The normalized spacial score (nSPS) is 37.2. The van der Waals surface area contributed by atoms with Gasteiger partial charge in [0.05, 0.1) is 13.7 Å². The maximum atomic E-state index is 13.0. The Kier molecular flexibility index (Phi) is 5.05. The first-order valence-electron chi connectivity index (χ1n) is 8.23. The molecule has 0 radical (unpaired) electrons. The summed E-state index contributed by atoms with van der Waals surface area (Å²) in [6.45, 7) is 8.99. The van der Waals surface area contributed by atoms with Crippen molar-refractivity contribution in [1.82, 2.24) is 0 Å². The van der Waals surface area contributed by atoms with Crippen LogP contribution in [0.4, 0.5) is 0 Å². The number of hydrogen-bond acceptors (Lipinski definition) is 8. The Morgan fingerprint density at radius 3 is 2.44 bits per heavy atom. The van der Waals surface area contributed by atoms with Crippen LogP contribution in [0.2, 0.25) is 19.6 Å². The molecule has 4 atom stereocenters. The number of nitrogens with zero attached hydrogens (tertiary/aromatic N) is 1. The third kappa shape index (κ3) is 3.08. The average Bonchev–Trinajstić information content (AvgIpc) is 2.81. The van der Waals surface area contributed by atoms with Crippen LogP contribution in [0.5, 0.6) is 0 Å². The summed E-state index contributed by atoms with van der Waals surface area (Å²) >= 11 is 0. The minimum atomic E-state index is -2.31. The van der Waals surface area contributed by atoms with Crippen molar-refractivity contribution < 1.29 is 33.0 Å². The predicted octanol–water partition coefficient (Wildman–Crippen LogP) is 1.50. The van der Waals surface area contributed by atoms with Gasteiger partial charge in [-0.25, -0.2) is 9.59 Å². The number of hydrogen-bond donors (Lipinski definition) is 0. The highest BCUT2D eigenvalue weighted by Crippen LogP contribution is 2.55. The highest BCUT2D eigenvalue weighted by atomic mass is 28.4. The summed E-state index contributed by atoms with van der Waals surface area (Å²) in [5.41, 5.74) is -3.73. The first-order chi connectivity index (χ1) is 11.5. The molecule has 25 heavy (non-hydrogen) atoms. The number of methoxy groups -OCH3 is 1. The third-order valence-electron chi connectivity index (χ3n) is 4.30. The van der Waals surface area contributed by atoms with Crippen LogP contribution in [-0.4, -0.2) is 57.1 Å². The molecule has 2 saturated heterocycles. The minimum Gasteiger partial charge on any atom is -0.467 e. The second-order valence-corrected chi connectivity index (χ2v) is 11.8. The summed E-state index contributed by atoms with van der Waals surface area (Å²) < 4.78 is 27.8. The lowest BCUT2D eigenvalue weighted by Crippen LogP contribution is -2.71. The Bertz CT molecular complexity index is 613. The van der Waals surface area contributed by atoms with Crippen molar-refractivity contribution in [3.05, 3.63) is 0 Å². The smallest absolute Gasteiger partial charge is 0.346 e. The van der Waals surface area contributed by atoms with Gasteiger partial charge in [-0.3, -0.25) is 0 Å². The summed E-state index contributed by atoms with van der Waals surface area (Å²) in [6.07, 6.45) is -0.976. The molecule has 0 aromatic carbocycles. The van der Waals surface area contributed by atoms with E-state index in [1.165, 1.54) is 7.11 Å². The Labute approximate surface area is 148 Å². The van der Waals surface area contributed by atoms with E-state index in [2.05, 4.69) is 6.07 Å². The zero-order valence-electron chi connectivity index (χ0n) is 15.5. The van der Waals surface area contributed by atoms with Crippen LogP contribution < -0.4 is 0 Å². The second-order valence-electron chi connectivity index (χ2n) is 7.37. The molecule has 0 aliphatic carbocycles. The molecule has 2 heterocycles. The van der Waals surface area contributed by atoms with Crippen LogP contribution in [0.25, 0.3) is 0 Å². The van der Waals surface area contributed by atoms with Crippen LogP contribution in [0.1, 0.15) is 26.7 Å². The maximum Gasteiger partial charge on any atom is 0.346 e. The first-order valence-corrected chi connectivity index (χ1v) is 11.6. The molecule has 2 rings (SSSR count). The fourth-order valence-corrected chi connectivity index (χ4v) is 4.77. The molecule has 9 heteroatoms. The van der Waals surface area contributed by atoms with Gasteiger partial charge in [0, 0.05) is 6.42 Å². The van der Waals surface area contributed by atoms with Gasteiger partial charge in [-0.2, -0.15) is 5.26 Å². The summed E-state index contributed by atoms with van der Waals surface area (Å²) in [5.74, 6) is -2.86. The summed E-state index contributed by atoms with van der Waals surface area (Å²) in [4.78, 5) is 25.4. The van der Waals surface area contributed by atoms with E-state index in [4.69, 9.17) is 23.4 Å². The standard InChI is InChI=1S/C16H25NO7Si/c1-7-21-13(19)16-11(12(18)20-3)22-14(2,23-16)8-9-15(16,10-17)24-25(4,5)6/h11H,7-9H2,1-6H3/t11-,14-,15+,16+/m1/s1. The number of carbonyl (C=O) groups is 2. The molecule has 0 saturated carbocycles. The van der Waals surface area contributed by atoms with Crippen LogP contribution in [-0.2, 0) is 33.0 Å². The van der Waals surface area contributed by atoms with E-state index >= 15 is 0 Å². The molecule has 2 bridgehead atoms. The number of rotatable bonds is 5. The molecule has 2 aliphatic rings. The lowest BCUT2D eigenvalue weighted by Gasteiger charge is -2.48.